The monoisotopic (exact) mass is 429 g/mol. The zero-order valence-corrected chi connectivity index (χ0v) is 18.8. The van der Waals surface area contributed by atoms with Crippen LogP contribution in [0.15, 0.2) is 59.0 Å². The summed E-state index contributed by atoms with van der Waals surface area (Å²) in [6.07, 6.45) is 4.06. The molecular weight excluding hydrogens is 398 g/mol. The Balaban J connectivity index is 1.19. The number of rotatable bonds is 6. The zero-order chi connectivity index (χ0) is 21.9. The quantitative estimate of drug-likeness (QED) is 0.544. The van der Waals surface area contributed by atoms with E-state index in [1.807, 2.05) is 13.0 Å². The van der Waals surface area contributed by atoms with Gasteiger partial charge in [0.05, 0.1) is 5.69 Å². The molecule has 1 amide bonds. The summed E-state index contributed by atoms with van der Waals surface area (Å²) >= 11 is 0. The van der Waals surface area contributed by atoms with Gasteiger partial charge < -0.3 is 9.32 Å². The number of oxazole rings is 1. The van der Waals surface area contributed by atoms with E-state index in [4.69, 9.17) is 9.40 Å². The standard InChI is InChI=1S/C27H31N3O2/c1-20-25(19-29-16-13-21(14-17-29)18-30-15-5-8-26(30)31)28-27(32-20)24-11-9-23(10-12-24)22-6-3-2-4-7-22/h2-4,6-7,9-12,21H,5,8,13-19H2,1H3. The molecule has 0 aliphatic carbocycles. The van der Waals surface area contributed by atoms with Crippen molar-refractivity contribution in [2.24, 2.45) is 5.92 Å². The molecule has 2 aliphatic heterocycles. The predicted molar refractivity (Wildman–Crippen MR) is 126 cm³/mol. The molecule has 0 spiro atoms. The Morgan fingerprint density at radius 1 is 0.938 bits per heavy atom. The highest BCUT2D eigenvalue weighted by Crippen LogP contribution is 2.27. The third-order valence-corrected chi connectivity index (χ3v) is 6.86. The van der Waals surface area contributed by atoms with Crippen molar-refractivity contribution < 1.29 is 9.21 Å². The first-order chi connectivity index (χ1) is 15.7. The largest absolute Gasteiger partial charge is 0.441 e. The molecule has 0 atom stereocenters. The van der Waals surface area contributed by atoms with Crippen LogP contribution < -0.4 is 0 Å². The topological polar surface area (TPSA) is 49.6 Å². The lowest BCUT2D eigenvalue weighted by Gasteiger charge is -2.33. The molecule has 5 heteroatoms. The Hall–Kier alpha value is -2.92. The van der Waals surface area contributed by atoms with Gasteiger partial charge in [0, 0.05) is 31.6 Å². The van der Waals surface area contributed by atoms with Crippen LogP contribution in [0.2, 0.25) is 0 Å². The lowest BCUT2D eigenvalue weighted by molar-refractivity contribution is -0.128. The molecule has 32 heavy (non-hydrogen) atoms. The SMILES string of the molecule is Cc1oc(-c2ccc(-c3ccccc3)cc2)nc1CN1CCC(CN2CCCC2=O)CC1. The van der Waals surface area contributed by atoms with Crippen molar-refractivity contribution in [2.75, 3.05) is 26.2 Å². The Morgan fingerprint density at radius 2 is 1.62 bits per heavy atom. The molecule has 2 aliphatic rings. The molecule has 1 aromatic heterocycles. The highest BCUT2D eigenvalue weighted by Gasteiger charge is 2.27. The molecule has 0 radical (unpaired) electrons. The van der Waals surface area contributed by atoms with Crippen molar-refractivity contribution in [1.29, 1.82) is 0 Å². The maximum Gasteiger partial charge on any atom is 0.226 e. The van der Waals surface area contributed by atoms with Gasteiger partial charge in [0.25, 0.3) is 0 Å². The van der Waals surface area contributed by atoms with Gasteiger partial charge >= 0.3 is 0 Å². The number of amides is 1. The maximum atomic E-state index is 11.9. The summed E-state index contributed by atoms with van der Waals surface area (Å²) < 4.78 is 6.03. The lowest BCUT2D eigenvalue weighted by Crippen LogP contribution is -2.39. The van der Waals surface area contributed by atoms with Gasteiger partial charge in [-0.25, -0.2) is 4.98 Å². The van der Waals surface area contributed by atoms with Gasteiger partial charge in [-0.3, -0.25) is 9.69 Å². The molecule has 3 heterocycles. The summed E-state index contributed by atoms with van der Waals surface area (Å²) in [6, 6.07) is 18.8. The van der Waals surface area contributed by atoms with Gasteiger partial charge in [0.2, 0.25) is 11.8 Å². The van der Waals surface area contributed by atoms with E-state index in [0.717, 1.165) is 75.4 Å². The number of aromatic nitrogens is 1. The van der Waals surface area contributed by atoms with Crippen LogP contribution in [0.1, 0.15) is 37.1 Å². The number of hydrogen-bond donors (Lipinski definition) is 0. The van der Waals surface area contributed by atoms with Gasteiger partial charge in [0.1, 0.15) is 5.76 Å². The highest BCUT2D eigenvalue weighted by molar-refractivity contribution is 5.78. The minimum Gasteiger partial charge on any atom is -0.441 e. The van der Waals surface area contributed by atoms with E-state index < -0.39 is 0 Å². The van der Waals surface area contributed by atoms with E-state index in [9.17, 15) is 4.79 Å². The number of benzene rings is 2. The fourth-order valence-electron chi connectivity index (χ4n) is 4.88. The molecule has 0 unspecified atom stereocenters. The molecule has 0 bridgehead atoms. The highest BCUT2D eigenvalue weighted by atomic mass is 16.4. The van der Waals surface area contributed by atoms with E-state index in [2.05, 4.69) is 58.3 Å². The zero-order valence-electron chi connectivity index (χ0n) is 18.8. The summed E-state index contributed by atoms with van der Waals surface area (Å²) in [5.41, 5.74) is 4.44. The van der Waals surface area contributed by atoms with Crippen LogP contribution in [0.5, 0.6) is 0 Å². The summed E-state index contributed by atoms with van der Waals surface area (Å²) in [4.78, 5) is 21.3. The molecule has 2 fully saturated rings. The van der Waals surface area contributed by atoms with Gasteiger partial charge in [-0.2, -0.15) is 0 Å². The molecule has 0 saturated carbocycles. The number of likely N-dealkylation sites (tertiary alicyclic amines) is 2. The molecule has 5 nitrogen and oxygen atoms in total. The van der Waals surface area contributed by atoms with Crippen LogP contribution in [0, 0.1) is 12.8 Å². The number of hydrogen-bond acceptors (Lipinski definition) is 4. The summed E-state index contributed by atoms with van der Waals surface area (Å²) in [5, 5.41) is 0. The number of piperidine rings is 1. The van der Waals surface area contributed by atoms with Crippen LogP contribution >= 0.6 is 0 Å². The molecule has 166 valence electrons. The third kappa shape index (κ3) is 4.63. The Morgan fingerprint density at radius 3 is 2.31 bits per heavy atom. The molecule has 5 rings (SSSR count). The third-order valence-electron chi connectivity index (χ3n) is 6.86. The minimum absolute atomic E-state index is 0.343. The average molecular weight is 430 g/mol. The summed E-state index contributed by atoms with van der Waals surface area (Å²) in [7, 11) is 0. The van der Waals surface area contributed by atoms with E-state index in [0.29, 0.717) is 17.7 Å². The van der Waals surface area contributed by atoms with Crippen LogP contribution in [0.4, 0.5) is 0 Å². The van der Waals surface area contributed by atoms with Crippen molar-refractivity contribution >= 4 is 5.91 Å². The maximum absolute atomic E-state index is 11.9. The Bertz CT molecular complexity index is 1050. The number of nitrogens with zero attached hydrogens (tertiary/aromatic N) is 3. The van der Waals surface area contributed by atoms with E-state index in [1.165, 1.54) is 11.1 Å². The van der Waals surface area contributed by atoms with Crippen molar-refractivity contribution in [3.63, 3.8) is 0 Å². The first-order valence-corrected chi connectivity index (χ1v) is 11.8. The Labute approximate surface area is 190 Å². The van der Waals surface area contributed by atoms with Crippen LogP contribution in [-0.4, -0.2) is 46.9 Å². The second-order valence-electron chi connectivity index (χ2n) is 9.13. The molecular formula is C27H31N3O2. The minimum atomic E-state index is 0.343. The van der Waals surface area contributed by atoms with E-state index in [1.54, 1.807) is 0 Å². The molecule has 2 aromatic carbocycles. The van der Waals surface area contributed by atoms with Crippen LogP contribution in [0.25, 0.3) is 22.6 Å². The van der Waals surface area contributed by atoms with Gasteiger partial charge in [0.15, 0.2) is 0 Å². The fourth-order valence-corrected chi connectivity index (χ4v) is 4.88. The summed E-state index contributed by atoms with van der Waals surface area (Å²) in [5.74, 6) is 2.57. The van der Waals surface area contributed by atoms with Gasteiger partial charge in [-0.05, 0) is 68.5 Å². The Kier molecular flexibility index (Phi) is 6.08. The first-order valence-electron chi connectivity index (χ1n) is 11.8. The smallest absolute Gasteiger partial charge is 0.226 e. The lowest BCUT2D eigenvalue weighted by atomic mass is 9.96. The van der Waals surface area contributed by atoms with E-state index in [-0.39, 0.29) is 0 Å². The number of aryl methyl sites for hydroxylation is 1. The predicted octanol–water partition coefficient (Wildman–Crippen LogP) is 5.15. The van der Waals surface area contributed by atoms with Crippen LogP contribution in [0.3, 0.4) is 0 Å². The average Bonchev–Trinajstić information content (AvgIpc) is 3.41. The van der Waals surface area contributed by atoms with Crippen molar-refractivity contribution in [2.45, 2.75) is 39.2 Å². The van der Waals surface area contributed by atoms with Crippen molar-refractivity contribution in [1.82, 2.24) is 14.8 Å². The second kappa shape index (κ2) is 9.29. The van der Waals surface area contributed by atoms with Gasteiger partial charge in [-0.1, -0.05) is 42.5 Å². The normalized spacial score (nSPS) is 17.9. The summed E-state index contributed by atoms with van der Waals surface area (Å²) in [6.45, 7) is 6.84. The van der Waals surface area contributed by atoms with Crippen LogP contribution in [-0.2, 0) is 11.3 Å². The van der Waals surface area contributed by atoms with Gasteiger partial charge in [-0.15, -0.1) is 0 Å². The number of carbonyl (C=O) groups is 1. The van der Waals surface area contributed by atoms with Crippen molar-refractivity contribution in [3.05, 3.63) is 66.1 Å². The molecule has 2 saturated heterocycles. The fraction of sp³-hybridized carbons (Fsp3) is 0.407. The second-order valence-corrected chi connectivity index (χ2v) is 9.13. The van der Waals surface area contributed by atoms with Crippen molar-refractivity contribution in [3.8, 4) is 22.6 Å². The molecule has 3 aromatic rings. The first kappa shape index (κ1) is 21.0. The van der Waals surface area contributed by atoms with E-state index >= 15 is 0 Å². The molecule has 0 N–H and O–H groups in total. The number of carbonyl (C=O) groups excluding carboxylic acids is 1.